The molecule has 1 saturated carbocycles. The van der Waals surface area contributed by atoms with Crippen LogP contribution in [0.1, 0.15) is 40.0 Å². The third kappa shape index (κ3) is 4.80. The van der Waals surface area contributed by atoms with E-state index in [2.05, 4.69) is 4.72 Å². The predicted octanol–water partition coefficient (Wildman–Crippen LogP) is 1.08. The van der Waals surface area contributed by atoms with Crippen molar-refractivity contribution >= 4 is 10.0 Å². The maximum Gasteiger partial charge on any atom is 0.212 e. The van der Waals surface area contributed by atoms with Gasteiger partial charge >= 0.3 is 0 Å². The Hall–Kier alpha value is -0.130. The average Bonchev–Trinajstić information content (AvgIpc) is 2.79. The Bertz CT molecular complexity index is 326. The number of rotatable bonds is 6. The molecule has 1 aliphatic rings. The molecule has 0 aromatic carbocycles. The minimum atomic E-state index is -3.14. The third-order valence-electron chi connectivity index (χ3n) is 2.92. The fourth-order valence-corrected chi connectivity index (χ4v) is 3.65. The van der Waals surface area contributed by atoms with Gasteiger partial charge < -0.3 is 5.73 Å². The summed E-state index contributed by atoms with van der Waals surface area (Å²) in [6, 6.07) is 0. The topological polar surface area (TPSA) is 72.2 Å². The summed E-state index contributed by atoms with van der Waals surface area (Å²) < 4.78 is 26.3. The largest absolute Gasteiger partial charge is 0.330 e. The van der Waals surface area contributed by atoms with E-state index < -0.39 is 10.0 Å². The van der Waals surface area contributed by atoms with Crippen LogP contribution in [0.15, 0.2) is 0 Å². The molecule has 0 unspecified atom stereocenters. The number of hydrogen-bond acceptors (Lipinski definition) is 3. The molecule has 0 aromatic rings. The van der Waals surface area contributed by atoms with Gasteiger partial charge in [-0.15, -0.1) is 0 Å². The first-order valence-electron chi connectivity index (χ1n) is 5.86. The molecule has 1 aliphatic carbocycles. The second-order valence-corrected chi connectivity index (χ2v) is 7.99. The monoisotopic (exact) mass is 248 g/mol. The molecule has 0 saturated heterocycles. The highest BCUT2D eigenvalue weighted by atomic mass is 32.2. The summed E-state index contributed by atoms with van der Waals surface area (Å²) in [6.45, 7) is 6.99. The van der Waals surface area contributed by atoms with Crippen molar-refractivity contribution in [3.05, 3.63) is 0 Å². The summed E-state index contributed by atoms with van der Waals surface area (Å²) in [5.74, 6) is 0.179. The molecule has 0 bridgehead atoms. The molecule has 4 nitrogen and oxygen atoms in total. The van der Waals surface area contributed by atoms with Gasteiger partial charge in [0, 0.05) is 6.54 Å². The first-order chi connectivity index (χ1) is 7.18. The number of sulfonamides is 1. The lowest BCUT2D eigenvalue weighted by Gasteiger charge is -2.20. The molecule has 96 valence electrons. The van der Waals surface area contributed by atoms with E-state index in [1.807, 2.05) is 20.8 Å². The van der Waals surface area contributed by atoms with Crippen molar-refractivity contribution in [2.24, 2.45) is 16.6 Å². The van der Waals surface area contributed by atoms with E-state index in [1.54, 1.807) is 0 Å². The second kappa shape index (κ2) is 4.63. The molecule has 0 amide bonds. The van der Waals surface area contributed by atoms with Crippen molar-refractivity contribution in [1.29, 1.82) is 0 Å². The summed E-state index contributed by atoms with van der Waals surface area (Å²) in [6.07, 6.45) is 3.12. The van der Waals surface area contributed by atoms with Gasteiger partial charge in [-0.1, -0.05) is 20.8 Å². The van der Waals surface area contributed by atoms with Crippen molar-refractivity contribution < 1.29 is 8.42 Å². The minimum absolute atomic E-state index is 0.166. The highest BCUT2D eigenvalue weighted by Gasteiger charge is 2.42. The van der Waals surface area contributed by atoms with E-state index >= 15 is 0 Å². The van der Waals surface area contributed by atoms with Crippen LogP contribution in [-0.4, -0.2) is 27.3 Å². The van der Waals surface area contributed by atoms with Crippen molar-refractivity contribution in [2.45, 2.75) is 40.0 Å². The van der Waals surface area contributed by atoms with Crippen molar-refractivity contribution in [1.82, 2.24) is 4.72 Å². The van der Waals surface area contributed by atoms with Gasteiger partial charge in [0.25, 0.3) is 0 Å². The molecular formula is C11H24N2O2S. The molecule has 1 fully saturated rings. The summed E-state index contributed by atoms with van der Waals surface area (Å²) in [5.41, 5.74) is 5.49. The standard InChI is InChI=1S/C11H24N2O2S/c1-10(2,3)9-16(14,15)13-8-11(4-5-11)6-7-12/h13H,4-9,12H2,1-3H3. The molecule has 0 atom stereocenters. The van der Waals surface area contributed by atoms with Gasteiger partial charge in [-0.25, -0.2) is 13.1 Å². The Balaban J connectivity index is 2.43. The van der Waals surface area contributed by atoms with Crippen LogP contribution in [0.25, 0.3) is 0 Å². The molecule has 5 heteroatoms. The SMILES string of the molecule is CC(C)(C)CS(=O)(=O)NCC1(CCN)CC1. The quantitative estimate of drug-likeness (QED) is 0.739. The second-order valence-electron chi connectivity index (χ2n) is 6.18. The van der Waals surface area contributed by atoms with E-state index in [1.165, 1.54) is 0 Å². The highest BCUT2D eigenvalue weighted by Crippen LogP contribution is 2.47. The van der Waals surface area contributed by atoms with Crippen LogP contribution in [-0.2, 0) is 10.0 Å². The average molecular weight is 248 g/mol. The zero-order valence-corrected chi connectivity index (χ0v) is 11.4. The lowest BCUT2D eigenvalue weighted by Crippen LogP contribution is -2.36. The van der Waals surface area contributed by atoms with Crippen molar-refractivity contribution in [3.63, 3.8) is 0 Å². The first kappa shape index (κ1) is 13.9. The van der Waals surface area contributed by atoms with Gasteiger partial charge in [0.1, 0.15) is 0 Å². The molecule has 0 heterocycles. The van der Waals surface area contributed by atoms with Crippen LogP contribution in [0.2, 0.25) is 0 Å². The fourth-order valence-electron chi connectivity index (χ4n) is 1.88. The Kier molecular flexibility index (Phi) is 4.03. The maximum atomic E-state index is 11.8. The molecule has 0 spiro atoms. The summed E-state index contributed by atoms with van der Waals surface area (Å²) in [7, 11) is -3.14. The number of hydrogen-bond donors (Lipinski definition) is 2. The van der Waals surface area contributed by atoms with E-state index in [4.69, 9.17) is 5.73 Å². The van der Waals surface area contributed by atoms with E-state index in [9.17, 15) is 8.42 Å². The first-order valence-corrected chi connectivity index (χ1v) is 7.51. The highest BCUT2D eigenvalue weighted by molar-refractivity contribution is 7.89. The van der Waals surface area contributed by atoms with Crippen molar-refractivity contribution in [3.8, 4) is 0 Å². The molecular weight excluding hydrogens is 224 g/mol. The van der Waals surface area contributed by atoms with Crippen LogP contribution in [0.5, 0.6) is 0 Å². The Morgan fingerprint density at radius 3 is 2.25 bits per heavy atom. The van der Waals surface area contributed by atoms with Gasteiger partial charge in [-0.05, 0) is 36.6 Å². The van der Waals surface area contributed by atoms with Crippen LogP contribution in [0.4, 0.5) is 0 Å². The van der Waals surface area contributed by atoms with Gasteiger partial charge in [-0.2, -0.15) is 0 Å². The summed E-state index contributed by atoms with van der Waals surface area (Å²) >= 11 is 0. The van der Waals surface area contributed by atoms with Gasteiger partial charge in [-0.3, -0.25) is 0 Å². The van der Waals surface area contributed by atoms with Crippen LogP contribution in [0, 0.1) is 10.8 Å². The Labute approximate surface area is 99.0 Å². The van der Waals surface area contributed by atoms with E-state index in [-0.39, 0.29) is 16.6 Å². The van der Waals surface area contributed by atoms with Gasteiger partial charge in [0.15, 0.2) is 0 Å². The molecule has 0 radical (unpaired) electrons. The lowest BCUT2D eigenvalue weighted by atomic mass is 10.0. The molecule has 0 aliphatic heterocycles. The fraction of sp³-hybridized carbons (Fsp3) is 1.00. The van der Waals surface area contributed by atoms with Crippen LogP contribution in [0.3, 0.4) is 0 Å². The number of nitrogens with two attached hydrogens (primary N) is 1. The minimum Gasteiger partial charge on any atom is -0.330 e. The normalized spacial score (nSPS) is 19.8. The molecule has 3 N–H and O–H groups in total. The Morgan fingerprint density at radius 1 is 1.31 bits per heavy atom. The lowest BCUT2D eigenvalue weighted by molar-refractivity contribution is 0.439. The maximum absolute atomic E-state index is 11.8. The van der Waals surface area contributed by atoms with Crippen LogP contribution < -0.4 is 10.5 Å². The molecule has 0 aromatic heterocycles. The number of nitrogens with one attached hydrogen (secondary N) is 1. The summed E-state index contributed by atoms with van der Waals surface area (Å²) in [5, 5.41) is 0. The van der Waals surface area contributed by atoms with Crippen LogP contribution >= 0.6 is 0 Å². The van der Waals surface area contributed by atoms with E-state index in [0.29, 0.717) is 13.1 Å². The van der Waals surface area contributed by atoms with Gasteiger partial charge in [0.05, 0.1) is 5.75 Å². The molecule has 16 heavy (non-hydrogen) atoms. The third-order valence-corrected chi connectivity index (χ3v) is 4.75. The smallest absolute Gasteiger partial charge is 0.212 e. The Morgan fingerprint density at radius 2 is 1.88 bits per heavy atom. The molecule has 1 rings (SSSR count). The van der Waals surface area contributed by atoms with Gasteiger partial charge in [0.2, 0.25) is 10.0 Å². The van der Waals surface area contributed by atoms with Crippen molar-refractivity contribution in [2.75, 3.05) is 18.8 Å². The zero-order valence-electron chi connectivity index (χ0n) is 10.5. The van der Waals surface area contributed by atoms with E-state index in [0.717, 1.165) is 19.3 Å². The predicted molar refractivity (Wildman–Crippen MR) is 66.6 cm³/mol. The zero-order chi connectivity index (χ0) is 12.4. The summed E-state index contributed by atoms with van der Waals surface area (Å²) in [4.78, 5) is 0.